The second kappa shape index (κ2) is 7.36. The molecule has 0 aliphatic heterocycles. The van der Waals surface area contributed by atoms with Gasteiger partial charge in [0.05, 0.1) is 5.69 Å². The van der Waals surface area contributed by atoms with E-state index in [1.54, 1.807) is 12.3 Å². The van der Waals surface area contributed by atoms with Crippen LogP contribution < -0.4 is 10.1 Å². The minimum atomic E-state index is 0.390. The number of nitrogens with zero attached hydrogens (tertiary/aromatic N) is 3. The zero-order valence-corrected chi connectivity index (χ0v) is 12.3. The molecular formula is C16H18N4O. The molecule has 0 saturated heterocycles. The van der Waals surface area contributed by atoms with Crippen molar-refractivity contribution in [3.63, 3.8) is 0 Å². The van der Waals surface area contributed by atoms with Crippen LogP contribution in [0.25, 0.3) is 0 Å². The first kappa shape index (κ1) is 14.9. The van der Waals surface area contributed by atoms with Crippen molar-refractivity contribution in [2.24, 2.45) is 0 Å². The Morgan fingerprint density at radius 3 is 2.95 bits per heavy atom. The Bertz CT molecular complexity index is 649. The maximum atomic E-state index is 8.85. The van der Waals surface area contributed by atoms with Crippen molar-refractivity contribution in [3.8, 4) is 11.8 Å². The van der Waals surface area contributed by atoms with Crippen molar-refractivity contribution in [3.05, 3.63) is 53.1 Å². The van der Waals surface area contributed by atoms with E-state index in [1.165, 1.54) is 0 Å². The van der Waals surface area contributed by atoms with Crippen LogP contribution in [-0.4, -0.2) is 16.5 Å². The maximum absolute atomic E-state index is 8.85. The summed E-state index contributed by atoms with van der Waals surface area (Å²) in [6.07, 6.45) is 1.62. The Morgan fingerprint density at radius 2 is 2.19 bits per heavy atom. The summed E-state index contributed by atoms with van der Waals surface area (Å²) in [5.41, 5.74) is 3.17. The van der Waals surface area contributed by atoms with E-state index in [0.29, 0.717) is 18.8 Å². The topological polar surface area (TPSA) is 70.8 Å². The van der Waals surface area contributed by atoms with Crippen molar-refractivity contribution < 1.29 is 4.74 Å². The molecule has 2 aromatic rings. The zero-order chi connectivity index (χ0) is 15.1. The molecule has 21 heavy (non-hydrogen) atoms. The molecule has 0 saturated carbocycles. The molecule has 108 valence electrons. The van der Waals surface area contributed by atoms with E-state index in [9.17, 15) is 0 Å². The van der Waals surface area contributed by atoms with E-state index < -0.39 is 0 Å². The van der Waals surface area contributed by atoms with Gasteiger partial charge in [-0.2, -0.15) is 5.26 Å². The monoisotopic (exact) mass is 282 g/mol. The lowest BCUT2D eigenvalue weighted by molar-refractivity contribution is 0.300. The number of aryl methyl sites for hydroxylation is 1. The van der Waals surface area contributed by atoms with Crippen molar-refractivity contribution in [1.29, 1.82) is 5.26 Å². The largest absolute Gasteiger partial charge is 0.487 e. The first-order chi connectivity index (χ1) is 10.2. The molecule has 1 N–H and O–H groups in total. The highest BCUT2D eigenvalue weighted by Gasteiger charge is 2.06. The van der Waals surface area contributed by atoms with Gasteiger partial charge in [0.1, 0.15) is 24.1 Å². The Labute approximate surface area is 124 Å². The molecule has 2 aromatic heterocycles. The van der Waals surface area contributed by atoms with Gasteiger partial charge >= 0.3 is 0 Å². The number of nitrogens with one attached hydrogen (secondary N) is 1. The van der Waals surface area contributed by atoms with Crippen LogP contribution >= 0.6 is 0 Å². The molecule has 0 aliphatic rings. The fraction of sp³-hybridized carbons (Fsp3) is 0.312. The zero-order valence-electron chi connectivity index (χ0n) is 12.3. The second-order valence-corrected chi connectivity index (χ2v) is 4.63. The first-order valence-electron chi connectivity index (χ1n) is 6.88. The van der Waals surface area contributed by atoms with Crippen LogP contribution in [0.5, 0.6) is 5.75 Å². The first-order valence-corrected chi connectivity index (χ1v) is 6.88. The lowest BCUT2D eigenvalue weighted by Gasteiger charge is -2.12. The number of pyridine rings is 2. The van der Waals surface area contributed by atoms with Crippen molar-refractivity contribution in [2.75, 3.05) is 6.54 Å². The summed E-state index contributed by atoms with van der Waals surface area (Å²) in [6, 6.07) is 9.45. The Hall–Kier alpha value is -2.45. The minimum absolute atomic E-state index is 0.390. The van der Waals surface area contributed by atoms with Crippen LogP contribution in [0.3, 0.4) is 0 Å². The average Bonchev–Trinajstić information content (AvgIpc) is 2.52. The number of ether oxygens (including phenoxy) is 1. The molecule has 0 aromatic carbocycles. The van der Waals surface area contributed by atoms with E-state index in [2.05, 4.69) is 22.2 Å². The summed E-state index contributed by atoms with van der Waals surface area (Å²) in [4.78, 5) is 8.45. The minimum Gasteiger partial charge on any atom is -0.487 e. The van der Waals surface area contributed by atoms with Crippen LogP contribution in [-0.2, 0) is 13.2 Å². The van der Waals surface area contributed by atoms with Gasteiger partial charge in [-0.05, 0) is 43.3 Å². The SMILES string of the molecule is CCNCc1nc(C)ccc1OCc1ccnc(C#N)c1. The van der Waals surface area contributed by atoms with Crippen LogP contribution in [0.15, 0.2) is 30.5 Å². The molecule has 2 heterocycles. The van der Waals surface area contributed by atoms with Crippen molar-refractivity contribution in [1.82, 2.24) is 15.3 Å². The summed E-state index contributed by atoms with van der Waals surface area (Å²) < 4.78 is 5.84. The summed E-state index contributed by atoms with van der Waals surface area (Å²) in [7, 11) is 0. The highest BCUT2D eigenvalue weighted by atomic mass is 16.5. The molecule has 0 atom stereocenters. The third-order valence-electron chi connectivity index (χ3n) is 2.95. The van der Waals surface area contributed by atoms with Crippen LogP contribution in [0.2, 0.25) is 0 Å². The molecule has 5 nitrogen and oxygen atoms in total. The van der Waals surface area contributed by atoms with Crippen LogP contribution in [0.4, 0.5) is 0 Å². The standard InChI is InChI=1S/C16H18N4O/c1-3-18-10-15-16(5-4-12(2)20-15)21-11-13-6-7-19-14(8-13)9-17/h4-8,18H,3,10-11H2,1-2H3. The van der Waals surface area contributed by atoms with Crippen molar-refractivity contribution in [2.45, 2.75) is 27.0 Å². The third-order valence-corrected chi connectivity index (χ3v) is 2.95. The Kier molecular flexibility index (Phi) is 5.24. The van der Waals surface area contributed by atoms with Gasteiger partial charge in [-0.25, -0.2) is 4.98 Å². The predicted molar refractivity (Wildman–Crippen MR) is 79.6 cm³/mol. The Morgan fingerprint density at radius 1 is 1.33 bits per heavy atom. The highest BCUT2D eigenvalue weighted by molar-refractivity contribution is 5.30. The molecular weight excluding hydrogens is 264 g/mol. The summed E-state index contributed by atoms with van der Waals surface area (Å²) in [5.74, 6) is 0.761. The van der Waals surface area contributed by atoms with Gasteiger partial charge in [-0.1, -0.05) is 6.92 Å². The van der Waals surface area contributed by atoms with Gasteiger partial charge in [-0.15, -0.1) is 0 Å². The number of rotatable bonds is 6. The predicted octanol–water partition coefficient (Wildman–Crippen LogP) is 2.35. The second-order valence-electron chi connectivity index (χ2n) is 4.63. The average molecular weight is 282 g/mol. The van der Waals surface area contributed by atoms with Gasteiger partial charge in [0.15, 0.2) is 0 Å². The fourth-order valence-corrected chi connectivity index (χ4v) is 1.89. The van der Waals surface area contributed by atoms with Gasteiger partial charge in [-0.3, -0.25) is 4.98 Å². The highest BCUT2D eigenvalue weighted by Crippen LogP contribution is 2.18. The molecule has 0 amide bonds. The summed E-state index contributed by atoms with van der Waals surface area (Å²) >= 11 is 0. The van der Waals surface area contributed by atoms with Crippen LogP contribution in [0.1, 0.15) is 29.6 Å². The number of nitriles is 1. The van der Waals surface area contributed by atoms with Crippen LogP contribution in [0, 0.1) is 18.3 Å². The van der Waals surface area contributed by atoms with Gasteiger partial charge in [0.25, 0.3) is 0 Å². The molecule has 0 spiro atoms. The number of hydrogen-bond acceptors (Lipinski definition) is 5. The Balaban J connectivity index is 2.10. The molecule has 2 rings (SSSR count). The van der Waals surface area contributed by atoms with Gasteiger partial charge in [0, 0.05) is 18.4 Å². The van der Waals surface area contributed by atoms with E-state index in [-0.39, 0.29) is 0 Å². The maximum Gasteiger partial charge on any atom is 0.142 e. The van der Waals surface area contributed by atoms with E-state index in [1.807, 2.05) is 31.2 Å². The van der Waals surface area contributed by atoms with Crippen molar-refractivity contribution >= 4 is 0 Å². The molecule has 0 fully saturated rings. The third kappa shape index (κ3) is 4.26. The molecule has 0 radical (unpaired) electrons. The number of hydrogen-bond donors (Lipinski definition) is 1. The lowest BCUT2D eigenvalue weighted by atomic mass is 10.2. The summed E-state index contributed by atoms with van der Waals surface area (Å²) in [5, 5.41) is 12.1. The molecule has 0 unspecified atom stereocenters. The fourth-order valence-electron chi connectivity index (χ4n) is 1.89. The molecule has 0 bridgehead atoms. The van der Waals surface area contributed by atoms with E-state index >= 15 is 0 Å². The van der Waals surface area contributed by atoms with E-state index in [0.717, 1.165) is 29.2 Å². The quantitative estimate of drug-likeness (QED) is 0.880. The van der Waals surface area contributed by atoms with Gasteiger partial charge in [0.2, 0.25) is 0 Å². The molecule has 5 heteroatoms. The summed E-state index contributed by atoms with van der Waals surface area (Å²) in [6.45, 7) is 5.96. The lowest BCUT2D eigenvalue weighted by Crippen LogP contribution is -2.14. The van der Waals surface area contributed by atoms with Gasteiger partial charge < -0.3 is 10.1 Å². The number of aromatic nitrogens is 2. The van der Waals surface area contributed by atoms with E-state index in [4.69, 9.17) is 10.00 Å². The molecule has 0 aliphatic carbocycles. The smallest absolute Gasteiger partial charge is 0.142 e. The normalized spacial score (nSPS) is 10.1.